The number of carbonyl (C=O) groups excluding carboxylic acids is 3. The lowest BCUT2D eigenvalue weighted by Gasteiger charge is -2.12. The Kier molecular flexibility index (Phi) is 6.36. The van der Waals surface area contributed by atoms with E-state index in [0.717, 1.165) is 0 Å². The number of aromatic amines is 1. The summed E-state index contributed by atoms with van der Waals surface area (Å²) in [5.74, 6) is -1.56. The third-order valence-electron chi connectivity index (χ3n) is 3.19. The van der Waals surface area contributed by atoms with Gasteiger partial charge >= 0.3 is 11.9 Å². The number of hydrogen-bond acceptors (Lipinski definition) is 5. The van der Waals surface area contributed by atoms with E-state index >= 15 is 0 Å². The van der Waals surface area contributed by atoms with Crippen molar-refractivity contribution in [2.45, 2.75) is 53.8 Å². The normalized spacial score (nSPS) is 12.0. The van der Waals surface area contributed by atoms with Crippen molar-refractivity contribution in [3.05, 3.63) is 22.5 Å². The predicted octanol–water partition coefficient (Wildman–Crippen LogP) is 1.88. The van der Waals surface area contributed by atoms with Crippen LogP contribution in [0.3, 0.4) is 0 Å². The van der Waals surface area contributed by atoms with Crippen LogP contribution in [-0.4, -0.2) is 41.6 Å². The van der Waals surface area contributed by atoms with Crippen molar-refractivity contribution in [3.63, 3.8) is 0 Å². The van der Waals surface area contributed by atoms with Gasteiger partial charge in [-0.1, -0.05) is 0 Å². The zero-order chi connectivity index (χ0) is 17.7. The first-order valence-electron chi connectivity index (χ1n) is 7.57. The summed E-state index contributed by atoms with van der Waals surface area (Å²) in [6, 6.07) is 0. The van der Waals surface area contributed by atoms with Crippen LogP contribution in [0.1, 0.15) is 59.8 Å². The van der Waals surface area contributed by atoms with E-state index in [9.17, 15) is 14.4 Å². The van der Waals surface area contributed by atoms with Crippen LogP contribution in [0, 0.1) is 13.8 Å². The molecule has 0 radical (unpaired) electrons. The topological polar surface area (TPSA) is 97.5 Å². The third kappa shape index (κ3) is 4.58. The van der Waals surface area contributed by atoms with Crippen LogP contribution >= 0.6 is 0 Å². The maximum absolute atomic E-state index is 12.2. The molecule has 1 aromatic rings. The largest absolute Gasteiger partial charge is 0.459 e. The molecule has 2 N–H and O–H groups in total. The molecular weight excluding hydrogens is 300 g/mol. The number of aryl methyl sites for hydroxylation is 1. The lowest BCUT2D eigenvalue weighted by Crippen LogP contribution is -2.35. The number of nitrogens with one attached hydrogen (secondary N) is 2. The number of rotatable bonds is 6. The summed E-state index contributed by atoms with van der Waals surface area (Å²) >= 11 is 0. The highest BCUT2D eigenvalue weighted by molar-refractivity contribution is 5.99. The molecule has 7 heteroatoms. The molecule has 1 heterocycles. The van der Waals surface area contributed by atoms with Crippen molar-refractivity contribution >= 4 is 17.8 Å². The Morgan fingerprint density at radius 1 is 1.09 bits per heavy atom. The summed E-state index contributed by atoms with van der Waals surface area (Å²) in [5.41, 5.74) is 1.43. The fraction of sp³-hybridized carbons (Fsp3) is 0.562. The summed E-state index contributed by atoms with van der Waals surface area (Å²) in [5, 5.41) is 2.57. The smallest absolute Gasteiger partial charge is 0.355 e. The van der Waals surface area contributed by atoms with Crippen molar-refractivity contribution in [2.75, 3.05) is 6.54 Å². The maximum Gasteiger partial charge on any atom is 0.355 e. The Hall–Kier alpha value is -2.31. The Labute approximate surface area is 135 Å². The minimum absolute atomic E-state index is 0.148. The first kappa shape index (κ1) is 18.7. The predicted molar refractivity (Wildman–Crippen MR) is 84.4 cm³/mol. The first-order valence-corrected chi connectivity index (χ1v) is 7.57. The van der Waals surface area contributed by atoms with E-state index < -0.39 is 18.0 Å². The molecule has 0 aliphatic heterocycles. The van der Waals surface area contributed by atoms with Gasteiger partial charge < -0.3 is 19.8 Å². The molecule has 0 spiro atoms. The molecule has 0 saturated carbocycles. The SMILES string of the molecule is CCNC(=O)[C@H](C)OC(=O)c1[nH]c(C)c(C(=O)OC(C)C)c1C. The second-order valence-corrected chi connectivity index (χ2v) is 5.52. The first-order chi connectivity index (χ1) is 10.7. The zero-order valence-electron chi connectivity index (χ0n) is 14.4. The standard InChI is InChI=1S/C16H24N2O5/c1-7-17-14(19)11(6)23-16(21)13-9(4)12(10(5)18-13)15(20)22-8(2)3/h8,11,18H,7H2,1-6H3,(H,17,19)/t11-/m0/s1. The molecule has 0 fully saturated rings. The van der Waals surface area contributed by atoms with E-state index in [1.807, 2.05) is 0 Å². The minimum Gasteiger partial charge on any atom is -0.459 e. The van der Waals surface area contributed by atoms with Gasteiger partial charge in [0.2, 0.25) is 0 Å². The molecule has 0 saturated heterocycles. The van der Waals surface area contributed by atoms with Gasteiger partial charge in [-0.25, -0.2) is 9.59 Å². The van der Waals surface area contributed by atoms with Gasteiger partial charge in [0.05, 0.1) is 11.7 Å². The fourth-order valence-electron chi connectivity index (χ4n) is 2.12. The lowest BCUT2D eigenvalue weighted by molar-refractivity contribution is -0.128. The van der Waals surface area contributed by atoms with Crippen molar-refractivity contribution < 1.29 is 23.9 Å². The molecule has 23 heavy (non-hydrogen) atoms. The van der Waals surface area contributed by atoms with Crippen LogP contribution in [-0.2, 0) is 14.3 Å². The van der Waals surface area contributed by atoms with Crippen LogP contribution in [0.2, 0.25) is 0 Å². The van der Waals surface area contributed by atoms with Gasteiger partial charge in [-0.2, -0.15) is 0 Å². The lowest BCUT2D eigenvalue weighted by atomic mass is 10.1. The zero-order valence-corrected chi connectivity index (χ0v) is 14.4. The maximum atomic E-state index is 12.2. The Morgan fingerprint density at radius 3 is 2.22 bits per heavy atom. The highest BCUT2D eigenvalue weighted by atomic mass is 16.6. The van der Waals surface area contributed by atoms with Crippen molar-refractivity contribution in [1.82, 2.24) is 10.3 Å². The summed E-state index contributed by atoms with van der Waals surface area (Å²) in [7, 11) is 0. The van der Waals surface area contributed by atoms with Gasteiger partial charge in [0, 0.05) is 12.2 Å². The summed E-state index contributed by atoms with van der Waals surface area (Å²) in [6.45, 7) is 10.5. The second-order valence-electron chi connectivity index (χ2n) is 5.52. The Morgan fingerprint density at radius 2 is 1.70 bits per heavy atom. The molecule has 128 valence electrons. The van der Waals surface area contributed by atoms with Crippen LogP contribution in [0.4, 0.5) is 0 Å². The number of esters is 2. The summed E-state index contributed by atoms with van der Waals surface area (Å²) in [4.78, 5) is 38.8. The van der Waals surface area contributed by atoms with E-state index in [-0.39, 0.29) is 17.7 Å². The Balaban J connectivity index is 2.95. The number of amides is 1. The number of carbonyl (C=O) groups is 3. The summed E-state index contributed by atoms with van der Waals surface area (Å²) in [6.07, 6.45) is -1.18. The average Bonchev–Trinajstić information content (AvgIpc) is 2.73. The molecule has 1 atom stereocenters. The number of ether oxygens (including phenoxy) is 2. The van der Waals surface area contributed by atoms with Crippen LogP contribution in [0.15, 0.2) is 0 Å². The van der Waals surface area contributed by atoms with E-state index in [2.05, 4.69) is 10.3 Å². The van der Waals surface area contributed by atoms with Crippen LogP contribution in [0.25, 0.3) is 0 Å². The highest BCUT2D eigenvalue weighted by Crippen LogP contribution is 2.20. The van der Waals surface area contributed by atoms with Crippen LogP contribution < -0.4 is 5.32 Å². The molecule has 0 aliphatic carbocycles. The number of aromatic nitrogens is 1. The van der Waals surface area contributed by atoms with E-state index in [4.69, 9.17) is 9.47 Å². The third-order valence-corrected chi connectivity index (χ3v) is 3.19. The molecule has 1 amide bonds. The van der Waals surface area contributed by atoms with Crippen molar-refractivity contribution in [3.8, 4) is 0 Å². The van der Waals surface area contributed by atoms with Gasteiger partial charge in [-0.3, -0.25) is 4.79 Å². The van der Waals surface area contributed by atoms with Gasteiger partial charge in [0.15, 0.2) is 6.10 Å². The van der Waals surface area contributed by atoms with E-state index in [0.29, 0.717) is 23.4 Å². The quantitative estimate of drug-likeness (QED) is 0.779. The van der Waals surface area contributed by atoms with Gasteiger partial charge in [0.25, 0.3) is 5.91 Å². The molecule has 0 bridgehead atoms. The van der Waals surface area contributed by atoms with Crippen molar-refractivity contribution in [2.24, 2.45) is 0 Å². The minimum atomic E-state index is -0.920. The monoisotopic (exact) mass is 324 g/mol. The second kappa shape index (κ2) is 7.80. The van der Waals surface area contributed by atoms with E-state index in [1.54, 1.807) is 34.6 Å². The highest BCUT2D eigenvalue weighted by Gasteiger charge is 2.26. The molecule has 1 rings (SSSR count). The van der Waals surface area contributed by atoms with E-state index in [1.165, 1.54) is 6.92 Å². The number of H-pyrrole nitrogens is 1. The van der Waals surface area contributed by atoms with Crippen molar-refractivity contribution in [1.29, 1.82) is 0 Å². The van der Waals surface area contributed by atoms with Gasteiger partial charge in [-0.05, 0) is 47.1 Å². The molecular formula is C16H24N2O5. The van der Waals surface area contributed by atoms with Gasteiger partial charge in [-0.15, -0.1) is 0 Å². The number of hydrogen-bond donors (Lipinski definition) is 2. The fourth-order valence-corrected chi connectivity index (χ4v) is 2.12. The summed E-state index contributed by atoms with van der Waals surface area (Å²) < 4.78 is 10.3. The molecule has 0 unspecified atom stereocenters. The molecule has 0 aliphatic rings. The molecule has 0 aromatic carbocycles. The molecule has 1 aromatic heterocycles. The number of likely N-dealkylation sites (N-methyl/N-ethyl adjacent to an activating group) is 1. The van der Waals surface area contributed by atoms with Crippen LogP contribution in [0.5, 0.6) is 0 Å². The van der Waals surface area contributed by atoms with Gasteiger partial charge in [0.1, 0.15) is 5.69 Å². The molecule has 7 nitrogen and oxygen atoms in total. The average molecular weight is 324 g/mol. The Bertz CT molecular complexity index is 604.